The number of thiazole rings is 1. The molecule has 0 fully saturated rings. The summed E-state index contributed by atoms with van der Waals surface area (Å²) in [4.78, 5) is 8.43. The van der Waals surface area contributed by atoms with E-state index in [4.69, 9.17) is 18.0 Å². The van der Waals surface area contributed by atoms with Gasteiger partial charge in [0, 0.05) is 18.6 Å². The molecule has 21 heavy (non-hydrogen) atoms. The summed E-state index contributed by atoms with van der Waals surface area (Å²) < 4.78 is 26.1. The van der Waals surface area contributed by atoms with Crippen LogP contribution in [0.4, 0.5) is 0 Å². The Balaban J connectivity index is 2.22. The van der Waals surface area contributed by atoms with E-state index in [0.29, 0.717) is 5.69 Å². The predicted molar refractivity (Wildman–Crippen MR) is 85.6 cm³/mol. The standard InChI is InChI=1S/C12H14N4O2S3/c1-8-15-9(7-20-8)6-16(2)21(17,18)10-3-4-11(12(13)19)14-5-10/h3-5,7H,6H2,1-2H3,(H2,13,19). The average Bonchev–Trinajstić information content (AvgIpc) is 2.84. The van der Waals surface area contributed by atoms with Crippen molar-refractivity contribution >= 4 is 38.6 Å². The molecule has 2 heterocycles. The van der Waals surface area contributed by atoms with E-state index in [1.54, 1.807) is 0 Å². The zero-order chi connectivity index (χ0) is 15.6. The van der Waals surface area contributed by atoms with Gasteiger partial charge < -0.3 is 5.73 Å². The number of aromatic nitrogens is 2. The molecule has 0 saturated carbocycles. The van der Waals surface area contributed by atoms with E-state index in [2.05, 4.69) is 9.97 Å². The van der Waals surface area contributed by atoms with Gasteiger partial charge in [0.2, 0.25) is 10.0 Å². The molecule has 0 bridgehead atoms. The van der Waals surface area contributed by atoms with Gasteiger partial charge in [-0.05, 0) is 19.1 Å². The number of hydrogen-bond donors (Lipinski definition) is 1. The summed E-state index contributed by atoms with van der Waals surface area (Å²) in [6, 6.07) is 2.94. The van der Waals surface area contributed by atoms with Crippen LogP contribution < -0.4 is 5.73 Å². The monoisotopic (exact) mass is 342 g/mol. The third-order valence-electron chi connectivity index (χ3n) is 2.75. The van der Waals surface area contributed by atoms with Gasteiger partial charge in [0.1, 0.15) is 9.88 Å². The van der Waals surface area contributed by atoms with Crippen molar-refractivity contribution in [3.63, 3.8) is 0 Å². The number of sulfonamides is 1. The van der Waals surface area contributed by atoms with Crippen molar-refractivity contribution < 1.29 is 8.42 Å². The zero-order valence-electron chi connectivity index (χ0n) is 11.5. The maximum atomic E-state index is 12.4. The van der Waals surface area contributed by atoms with Gasteiger partial charge in [-0.1, -0.05) is 12.2 Å². The third kappa shape index (κ3) is 3.62. The van der Waals surface area contributed by atoms with Crippen LogP contribution in [0.25, 0.3) is 0 Å². The molecule has 2 rings (SSSR count). The maximum Gasteiger partial charge on any atom is 0.244 e. The first-order valence-electron chi connectivity index (χ1n) is 5.94. The van der Waals surface area contributed by atoms with Crippen molar-refractivity contribution in [2.75, 3.05) is 7.05 Å². The number of pyridine rings is 1. The van der Waals surface area contributed by atoms with Gasteiger partial charge in [0.15, 0.2) is 0 Å². The van der Waals surface area contributed by atoms with E-state index in [0.717, 1.165) is 10.7 Å². The molecule has 0 atom stereocenters. The highest BCUT2D eigenvalue weighted by Gasteiger charge is 2.22. The van der Waals surface area contributed by atoms with E-state index in [-0.39, 0.29) is 16.4 Å². The lowest BCUT2D eigenvalue weighted by Crippen LogP contribution is -2.27. The summed E-state index contributed by atoms with van der Waals surface area (Å²) in [6.45, 7) is 2.09. The van der Waals surface area contributed by atoms with E-state index < -0.39 is 10.0 Å². The summed E-state index contributed by atoms with van der Waals surface area (Å²) in [7, 11) is -2.11. The fourth-order valence-corrected chi connectivity index (χ4v) is 3.47. The van der Waals surface area contributed by atoms with Crippen LogP contribution in [0.3, 0.4) is 0 Å². The highest BCUT2D eigenvalue weighted by Crippen LogP contribution is 2.17. The normalized spacial score (nSPS) is 11.8. The molecule has 6 nitrogen and oxygen atoms in total. The Morgan fingerprint density at radius 2 is 2.19 bits per heavy atom. The van der Waals surface area contributed by atoms with E-state index in [9.17, 15) is 8.42 Å². The summed E-state index contributed by atoms with van der Waals surface area (Å²) in [6.07, 6.45) is 1.26. The van der Waals surface area contributed by atoms with Crippen molar-refractivity contribution in [3.8, 4) is 0 Å². The Labute approximate surface area is 132 Å². The third-order valence-corrected chi connectivity index (χ3v) is 5.57. The molecule has 112 valence electrons. The number of rotatable bonds is 5. The minimum Gasteiger partial charge on any atom is -0.388 e. The fourth-order valence-electron chi connectivity index (χ4n) is 1.65. The summed E-state index contributed by atoms with van der Waals surface area (Å²) in [5, 5.41) is 2.74. The van der Waals surface area contributed by atoms with Crippen LogP contribution in [0, 0.1) is 6.92 Å². The second-order valence-corrected chi connectivity index (χ2v) is 7.91. The number of aryl methyl sites for hydroxylation is 1. The van der Waals surface area contributed by atoms with Crippen LogP contribution >= 0.6 is 23.6 Å². The second-order valence-electron chi connectivity index (χ2n) is 4.36. The Kier molecular flexibility index (Phi) is 4.67. The maximum absolute atomic E-state index is 12.4. The van der Waals surface area contributed by atoms with Gasteiger partial charge in [-0.2, -0.15) is 4.31 Å². The Morgan fingerprint density at radius 3 is 2.67 bits per heavy atom. The first-order valence-corrected chi connectivity index (χ1v) is 8.66. The number of hydrogen-bond acceptors (Lipinski definition) is 6. The molecule has 2 aromatic heterocycles. The van der Waals surface area contributed by atoms with Gasteiger partial charge >= 0.3 is 0 Å². The molecular formula is C12H14N4O2S3. The molecule has 2 N–H and O–H groups in total. The summed E-state index contributed by atoms with van der Waals surface area (Å²) >= 11 is 6.27. The van der Waals surface area contributed by atoms with Crippen molar-refractivity contribution in [1.82, 2.24) is 14.3 Å². The smallest absolute Gasteiger partial charge is 0.244 e. The molecule has 0 amide bonds. The van der Waals surface area contributed by atoms with Crippen molar-refractivity contribution in [1.29, 1.82) is 0 Å². The van der Waals surface area contributed by atoms with Crippen LogP contribution in [-0.4, -0.2) is 34.7 Å². The van der Waals surface area contributed by atoms with Crippen LogP contribution in [0.5, 0.6) is 0 Å². The Hall–Kier alpha value is -1.42. The van der Waals surface area contributed by atoms with Crippen molar-refractivity contribution in [2.24, 2.45) is 5.73 Å². The van der Waals surface area contributed by atoms with E-state index in [1.807, 2.05) is 12.3 Å². The zero-order valence-corrected chi connectivity index (χ0v) is 13.9. The lowest BCUT2D eigenvalue weighted by atomic mass is 10.3. The molecule has 2 aromatic rings. The van der Waals surface area contributed by atoms with Crippen molar-refractivity contribution in [2.45, 2.75) is 18.4 Å². The van der Waals surface area contributed by atoms with Crippen LogP contribution in [0.15, 0.2) is 28.6 Å². The van der Waals surface area contributed by atoms with E-state index >= 15 is 0 Å². The molecule has 0 spiro atoms. The SMILES string of the molecule is Cc1nc(CN(C)S(=O)(=O)c2ccc(C(N)=S)nc2)cs1. The van der Waals surface area contributed by atoms with Gasteiger partial charge in [0.05, 0.1) is 22.9 Å². The summed E-state index contributed by atoms with van der Waals surface area (Å²) in [5.74, 6) is 0. The van der Waals surface area contributed by atoms with Gasteiger partial charge in [0.25, 0.3) is 0 Å². The van der Waals surface area contributed by atoms with Crippen molar-refractivity contribution in [3.05, 3.63) is 40.1 Å². The van der Waals surface area contributed by atoms with Gasteiger partial charge in [-0.3, -0.25) is 4.98 Å². The average molecular weight is 342 g/mol. The minimum atomic E-state index is -3.62. The van der Waals surface area contributed by atoms with E-state index in [1.165, 1.54) is 41.0 Å². The molecular weight excluding hydrogens is 328 g/mol. The van der Waals surface area contributed by atoms with Gasteiger partial charge in [-0.15, -0.1) is 11.3 Å². The highest BCUT2D eigenvalue weighted by atomic mass is 32.2. The predicted octanol–water partition coefficient (Wildman–Crippen LogP) is 1.30. The second kappa shape index (κ2) is 6.14. The Bertz CT molecular complexity index is 753. The quantitative estimate of drug-likeness (QED) is 0.824. The summed E-state index contributed by atoms with van der Waals surface area (Å²) in [5.41, 5.74) is 6.55. The molecule has 0 aliphatic heterocycles. The lowest BCUT2D eigenvalue weighted by molar-refractivity contribution is 0.462. The molecule has 0 saturated heterocycles. The minimum absolute atomic E-state index is 0.0944. The molecule has 0 aromatic carbocycles. The number of nitrogens with two attached hydrogens (primary N) is 1. The van der Waals surface area contributed by atoms with Crippen LogP contribution in [0.1, 0.15) is 16.4 Å². The van der Waals surface area contributed by atoms with Gasteiger partial charge in [-0.25, -0.2) is 13.4 Å². The first-order chi connectivity index (χ1) is 9.80. The van der Waals surface area contributed by atoms with Crippen LogP contribution in [-0.2, 0) is 16.6 Å². The highest BCUT2D eigenvalue weighted by molar-refractivity contribution is 7.89. The van der Waals surface area contributed by atoms with Crippen LogP contribution in [0.2, 0.25) is 0 Å². The molecule has 0 radical (unpaired) electrons. The molecule has 0 aliphatic carbocycles. The first kappa shape index (κ1) is 16.0. The molecule has 0 unspecified atom stereocenters. The largest absolute Gasteiger partial charge is 0.388 e. The topological polar surface area (TPSA) is 89.2 Å². The molecule has 0 aliphatic rings. The number of nitrogens with zero attached hydrogens (tertiary/aromatic N) is 3. The lowest BCUT2D eigenvalue weighted by Gasteiger charge is -2.15. The Morgan fingerprint density at radius 1 is 1.48 bits per heavy atom. The number of thiocarbonyl (C=S) groups is 1. The molecule has 9 heteroatoms. The fraction of sp³-hybridized carbons (Fsp3) is 0.250.